The summed E-state index contributed by atoms with van der Waals surface area (Å²) in [5, 5.41) is 9.00. The summed E-state index contributed by atoms with van der Waals surface area (Å²) in [6, 6.07) is 5.74. The highest BCUT2D eigenvalue weighted by molar-refractivity contribution is 6.12. The Morgan fingerprint density at radius 3 is 2.67 bits per heavy atom. The zero-order valence-electron chi connectivity index (χ0n) is 11.5. The molecule has 1 saturated carbocycles. The fourth-order valence-electron chi connectivity index (χ4n) is 2.66. The van der Waals surface area contributed by atoms with Crippen molar-refractivity contribution in [2.24, 2.45) is 5.92 Å². The second kappa shape index (κ2) is 5.20. The molecule has 1 aromatic rings. The first kappa shape index (κ1) is 13.6. The number of anilines is 1. The second-order valence-corrected chi connectivity index (χ2v) is 5.53. The van der Waals surface area contributed by atoms with Crippen LogP contribution < -0.4 is 4.90 Å². The van der Waals surface area contributed by atoms with Crippen LogP contribution in [-0.2, 0) is 4.79 Å². The molecule has 1 aromatic carbocycles. The summed E-state index contributed by atoms with van der Waals surface area (Å²) < 4.78 is 0. The van der Waals surface area contributed by atoms with Crippen LogP contribution in [0.4, 0.5) is 10.5 Å². The van der Waals surface area contributed by atoms with E-state index in [1.54, 1.807) is 12.1 Å². The van der Waals surface area contributed by atoms with Crippen molar-refractivity contribution in [3.05, 3.63) is 29.8 Å². The summed E-state index contributed by atoms with van der Waals surface area (Å²) in [5.41, 5.74) is 0.551. The van der Waals surface area contributed by atoms with Crippen LogP contribution in [0.3, 0.4) is 0 Å². The topological polar surface area (TPSA) is 77.9 Å². The molecule has 1 aliphatic heterocycles. The Bertz CT molecular complexity index is 609. The van der Waals surface area contributed by atoms with Gasteiger partial charge in [0.2, 0.25) is 0 Å². The molecular weight excluding hydrogens is 272 g/mol. The van der Waals surface area contributed by atoms with Gasteiger partial charge in [0.15, 0.2) is 0 Å². The molecule has 3 amide bonds. The highest BCUT2D eigenvalue weighted by Crippen LogP contribution is 2.29. The number of carbonyl (C=O) groups is 3. The van der Waals surface area contributed by atoms with Crippen molar-refractivity contribution < 1.29 is 19.5 Å². The molecule has 1 N–H and O–H groups in total. The van der Waals surface area contributed by atoms with Gasteiger partial charge in [-0.05, 0) is 37.0 Å². The van der Waals surface area contributed by atoms with E-state index in [0.717, 1.165) is 19.3 Å². The van der Waals surface area contributed by atoms with E-state index in [1.807, 2.05) is 0 Å². The Kier molecular flexibility index (Phi) is 3.37. The standard InChI is InChI=1S/C15H16N2O4/c18-13-9-16(12-6-2-5-11(7-12)14(19)20)15(21)17(13)8-10-3-1-4-10/h2,5-7,10H,1,3-4,8-9H2,(H,19,20). The van der Waals surface area contributed by atoms with Crippen LogP contribution >= 0.6 is 0 Å². The van der Waals surface area contributed by atoms with E-state index in [1.165, 1.54) is 21.9 Å². The second-order valence-electron chi connectivity index (χ2n) is 5.53. The summed E-state index contributed by atoms with van der Waals surface area (Å²) >= 11 is 0. The lowest BCUT2D eigenvalue weighted by Gasteiger charge is -2.28. The number of hydrogen-bond donors (Lipinski definition) is 1. The number of carbonyl (C=O) groups excluding carboxylic acids is 2. The first-order valence-corrected chi connectivity index (χ1v) is 7.01. The van der Waals surface area contributed by atoms with Gasteiger partial charge in [0, 0.05) is 12.2 Å². The van der Waals surface area contributed by atoms with Gasteiger partial charge in [-0.25, -0.2) is 9.59 Å². The summed E-state index contributed by atoms with van der Waals surface area (Å²) in [6.45, 7) is 0.460. The molecule has 0 aromatic heterocycles. The van der Waals surface area contributed by atoms with Crippen LogP contribution in [0.5, 0.6) is 0 Å². The minimum absolute atomic E-state index is 0.0192. The molecule has 1 saturated heterocycles. The summed E-state index contributed by atoms with van der Waals surface area (Å²) in [5.74, 6) is -0.850. The fourth-order valence-corrected chi connectivity index (χ4v) is 2.66. The fraction of sp³-hybridized carbons (Fsp3) is 0.400. The number of aromatic carboxylic acids is 1. The number of urea groups is 1. The molecule has 2 aliphatic rings. The summed E-state index contributed by atoms with van der Waals surface area (Å²) in [4.78, 5) is 38.0. The number of imide groups is 1. The van der Waals surface area contributed by atoms with Crippen LogP contribution in [0.15, 0.2) is 24.3 Å². The number of benzene rings is 1. The van der Waals surface area contributed by atoms with Gasteiger partial charge in [-0.15, -0.1) is 0 Å². The Labute approximate surface area is 122 Å². The monoisotopic (exact) mass is 288 g/mol. The summed E-state index contributed by atoms with van der Waals surface area (Å²) in [6.07, 6.45) is 3.28. The van der Waals surface area contributed by atoms with Gasteiger partial charge < -0.3 is 5.11 Å². The van der Waals surface area contributed by atoms with E-state index < -0.39 is 5.97 Å². The maximum absolute atomic E-state index is 12.4. The van der Waals surface area contributed by atoms with Crippen molar-refractivity contribution in [1.29, 1.82) is 0 Å². The zero-order valence-corrected chi connectivity index (χ0v) is 11.5. The molecule has 0 bridgehead atoms. The molecule has 0 radical (unpaired) electrons. The minimum Gasteiger partial charge on any atom is -0.478 e. The van der Waals surface area contributed by atoms with Crippen molar-refractivity contribution in [2.75, 3.05) is 18.0 Å². The number of rotatable bonds is 4. The highest BCUT2D eigenvalue weighted by atomic mass is 16.4. The van der Waals surface area contributed by atoms with Crippen LogP contribution in [0.2, 0.25) is 0 Å². The van der Waals surface area contributed by atoms with Gasteiger partial charge >= 0.3 is 12.0 Å². The number of carboxylic acid groups (broad SMARTS) is 1. The third-order valence-corrected chi connectivity index (χ3v) is 4.13. The Balaban J connectivity index is 1.79. The SMILES string of the molecule is O=C(O)c1cccc(N2CC(=O)N(CC3CCC3)C2=O)c1. The first-order chi connectivity index (χ1) is 10.1. The molecule has 1 aliphatic carbocycles. The van der Waals surface area contributed by atoms with Gasteiger partial charge in [-0.1, -0.05) is 12.5 Å². The molecule has 6 heteroatoms. The van der Waals surface area contributed by atoms with Crippen molar-refractivity contribution in [3.63, 3.8) is 0 Å². The van der Waals surface area contributed by atoms with Gasteiger partial charge in [-0.2, -0.15) is 0 Å². The van der Waals surface area contributed by atoms with E-state index >= 15 is 0 Å². The molecule has 1 heterocycles. The molecule has 21 heavy (non-hydrogen) atoms. The smallest absolute Gasteiger partial charge is 0.335 e. The van der Waals surface area contributed by atoms with Gasteiger partial charge in [0.1, 0.15) is 6.54 Å². The lowest BCUT2D eigenvalue weighted by Crippen LogP contribution is -2.38. The van der Waals surface area contributed by atoms with E-state index in [4.69, 9.17) is 5.11 Å². The highest BCUT2D eigenvalue weighted by Gasteiger charge is 2.38. The molecular formula is C15H16N2O4. The van der Waals surface area contributed by atoms with E-state index in [-0.39, 0.29) is 24.0 Å². The number of hydrogen-bond acceptors (Lipinski definition) is 3. The Hall–Kier alpha value is -2.37. The average Bonchev–Trinajstić information content (AvgIpc) is 2.70. The van der Waals surface area contributed by atoms with Crippen molar-refractivity contribution in [2.45, 2.75) is 19.3 Å². The number of carboxylic acids is 1. The third-order valence-electron chi connectivity index (χ3n) is 4.13. The normalized spacial score (nSPS) is 19.0. The molecule has 0 unspecified atom stereocenters. The maximum atomic E-state index is 12.4. The molecule has 3 rings (SSSR count). The molecule has 0 atom stereocenters. The molecule has 0 spiro atoms. The van der Waals surface area contributed by atoms with Gasteiger partial charge in [0.25, 0.3) is 5.91 Å². The predicted molar refractivity (Wildman–Crippen MR) is 75.2 cm³/mol. The van der Waals surface area contributed by atoms with E-state index in [2.05, 4.69) is 0 Å². The Morgan fingerprint density at radius 1 is 1.29 bits per heavy atom. The van der Waals surface area contributed by atoms with Crippen LogP contribution in [0.25, 0.3) is 0 Å². The lowest BCUT2D eigenvalue weighted by molar-refractivity contribution is -0.125. The van der Waals surface area contributed by atoms with Gasteiger partial charge in [-0.3, -0.25) is 14.6 Å². The van der Waals surface area contributed by atoms with Crippen LogP contribution in [0, 0.1) is 5.92 Å². The quantitative estimate of drug-likeness (QED) is 0.859. The maximum Gasteiger partial charge on any atom is 0.335 e. The molecule has 6 nitrogen and oxygen atoms in total. The number of nitrogens with zero attached hydrogens (tertiary/aromatic N) is 2. The third kappa shape index (κ3) is 2.49. The predicted octanol–water partition coefficient (Wildman–Crippen LogP) is 1.95. The van der Waals surface area contributed by atoms with Gasteiger partial charge in [0.05, 0.1) is 5.56 Å². The number of amides is 3. The Morgan fingerprint density at radius 2 is 2.05 bits per heavy atom. The van der Waals surface area contributed by atoms with Crippen molar-refractivity contribution >= 4 is 23.6 Å². The molecule has 2 fully saturated rings. The average molecular weight is 288 g/mol. The van der Waals surface area contributed by atoms with Crippen LogP contribution in [0.1, 0.15) is 29.6 Å². The zero-order chi connectivity index (χ0) is 15.0. The molecule has 110 valence electrons. The largest absolute Gasteiger partial charge is 0.478 e. The van der Waals surface area contributed by atoms with Crippen LogP contribution in [-0.4, -0.2) is 41.0 Å². The lowest BCUT2D eigenvalue weighted by atomic mass is 9.85. The van der Waals surface area contributed by atoms with E-state index in [0.29, 0.717) is 18.2 Å². The minimum atomic E-state index is -1.05. The van der Waals surface area contributed by atoms with E-state index in [9.17, 15) is 14.4 Å². The van der Waals surface area contributed by atoms with Crippen molar-refractivity contribution in [3.8, 4) is 0 Å². The first-order valence-electron chi connectivity index (χ1n) is 7.01. The van der Waals surface area contributed by atoms with Crippen molar-refractivity contribution in [1.82, 2.24) is 4.90 Å². The summed E-state index contributed by atoms with van der Waals surface area (Å²) in [7, 11) is 0.